The van der Waals surface area contributed by atoms with E-state index in [0.717, 1.165) is 6.42 Å². The lowest BCUT2D eigenvalue weighted by atomic mass is 10.1. The second-order valence-corrected chi connectivity index (χ2v) is 6.31. The van der Waals surface area contributed by atoms with E-state index >= 15 is 0 Å². The highest BCUT2D eigenvalue weighted by Crippen LogP contribution is 2.25. The molecule has 9 nitrogen and oxygen atoms in total. The second-order valence-electron chi connectivity index (χ2n) is 6.31. The van der Waals surface area contributed by atoms with Crippen LogP contribution in [0.5, 0.6) is 5.75 Å². The normalized spacial score (nSPS) is 15.5. The fourth-order valence-electron chi connectivity index (χ4n) is 3.26. The molecular weight excluding hydrogens is 360 g/mol. The first-order valence-corrected chi connectivity index (χ1v) is 8.85. The molecule has 4 heterocycles. The minimum absolute atomic E-state index is 0.173. The molecule has 142 valence electrons. The number of pyridine rings is 1. The van der Waals surface area contributed by atoms with Gasteiger partial charge in [-0.25, -0.2) is 19.9 Å². The lowest BCUT2D eigenvalue weighted by Crippen LogP contribution is -2.38. The molecule has 0 aliphatic carbocycles. The number of aromatic nitrogens is 5. The van der Waals surface area contributed by atoms with Gasteiger partial charge in [0, 0.05) is 25.0 Å². The summed E-state index contributed by atoms with van der Waals surface area (Å²) in [5.41, 5.74) is 1.03. The smallest absolute Gasteiger partial charge is 0.274 e. The number of nitrogens with zero attached hydrogens (tertiary/aromatic N) is 5. The van der Waals surface area contributed by atoms with Crippen molar-refractivity contribution in [3.63, 3.8) is 0 Å². The number of fused-ring (bicyclic) bond motifs is 1. The Morgan fingerprint density at radius 3 is 2.93 bits per heavy atom. The zero-order valence-electron chi connectivity index (χ0n) is 15.2. The van der Waals surface area contributed by atoms with Crippen molar-refractivity contribution in [2.75, 3.05) is 7.11 Å². The number of methoxy groups -OCH3 is 1. The van der Waals surface area contributed by atoms with Crippen molar-refractivity contribution in [1.82, 2.24) is 29.8 Å². The lowest BCUT2D eigenvalue weighted by Gasteiger charge is -2.26. The quantitative estimate of drug-likeness (QED) is 0.730. The van der Waals surface area contributed by atoms with Gasteiger partial charge in [-0.05, 0) is 31.0 Å². The maximum absolute atomic E-state index is 12.8. The van der Waals surface area contributed by atoms with Gasteiger partial charge >= 0.3 is 0 Å². The SMILES string of the molecule is COc1cccnc1C(=O)NC1CCCn2c1nc(-c1ccncn1)cc2=O. The summed E-state index contributed by atoms with van der Waals surface area (Å²) in [6.07, 6.45) is 5.95. The molecule has 4 rings (SSSR count). The fraction of sp³-hybridized carbons (Fsp3) is 0.263. The summed E-state index contributed by atoms with van der Waals surface area (Å²) in [5, 5.41) is 2.94. The third-order valence-electron chi connectivity index (χ3n) is 4.58. The standard InChI is InChI=1S/C19H18N6O3/c1-28-15-5-2-7-21-17(15)19(27)24-13-4-3-9-25-16(26)10-14(23-18(13)25)12-6-8-20-11-22-12/h2,5-8,10-11,13H,3-4,9H2,1H3,(H,24,27). The van der Waals surface area contributed by atoms with Crippen LogP contribution in [0.2, 0.25) is 0 Å². The number of carbonyl (C=O) groups excluding carboxylic acids is 1. The number of carbonyl (C=O) groups is 1. The molecule has 0 fully saturated rings. The monoisotopic (exact) mass is 378 g/mol. The van der Waals surface area contributed by atoms with E-state index in [-0.39, 0.29) is 17.2 Å². The van der Waals surface area contributed by atoms with Gasteiger partial charge in [0.25, 0.3) is 11.5 Å². The molecule has 3 aromatic heterocycles. The highest BCUT2D eigenvalue weighted by molar-refractivity contribution is 5.95. The van der Waals surface area contributed by atoms with Crippen LogP contribution < -0.4 is 15.6 Å². The van der Waals surface area contributed by atoms with Crippen molar-refractivity contribution in [3.8, 4) is 17.1 Å². The molecule has 1 atom stereocenters. The van der Waals surface area contributed by atoms with Crippen LogP contribution in [-0.2, 0) is 6.54 Å². The van der Waals surface area contributed by atoms with Crippen LogP contribution in [0.3, 0.4) is 0 Å². The Bertz CT molecular complexity index is 1070. The number of rotatable bonds is 4. The minimum Gasteiger partial charge on any atom is -0.494 e. The van der Waals surface area contributed by atoms with Crippen LogP contribution in [0.25, 0.3) is 11.4 Å². The molecular formula is C19H18N6O3. The molecule has 1 unspecified atom stereocenters. The van der Waals surface area contributed by atoms with Crippen molar-refractivity contribution in [1.29, 1.82) is 0 Å². The van der Waals surface area contributed by atoms with Crippen molar-refractivity contribution >= 4 is 5.91 Å². The van der Waals surface area contributed by atoms with Crippen LogP contribution in [0.4, 0.5) is 0 Å². The summed E-state index contributed by atoms with van der Waals surface area (Å²) in [4.78, 5) is 42.1. The van der Waals surface area contributed by atoms with Gasteiger partial charge in [-0.1, -0.05) is 0 Å². The predicted molar refractivity (Wildman–Crippen MR) is 99.8 cm³/mol. The number of hydrogen-bond donors (Lipinski definition) is 1. The van der Waals surface area contributed by atoms with Gasteiger partial charge in [0.15, 0.2) is 5.69 Å². The van der Waals surface area contributed by atoms with E-state index in [4.69, 9.17) is 4.74 Å². The molecule has 1 aliphatic heterocycles. The first-order chi connectivity index (χ1) is 13.7. The van der Waals surface area contributed by atoms with E-state index in [1.807, 2.05) is 0 Å². The number of hydrogen-bond acceptors (Lipinski definition) is 7. The summed E-state index contributed by atoms with van der Waals surface area (Å²) in [6.45, 7) is 0.560. The molecule has 28 heavy (non-hydrogen) atoms. The maximum atomic E-state index is 12.8. The molecule has 0 aromatic carbocycles. The zero-order valence-corrected chi connectivity index (χ0v) is 15.2. The largest absolute Gasteiger partial charge is 0.494 e. The molecule has 1 aliphatic rings. The molecule has 0 saturated heterocycles. The second kappa shape index (κ2) is 7.55. The average molecular weight is 378 g/mol. The van der Waals surface area contributed by atoms with Gasteiger partial charge in [-0.3, -0.25) is 14.2 Å². The van der Waals surface area contributed by atoms with Crippen LogP contribution in [0.1, 0.15) is 35.2 Å². The van der Waals surface area contributed by atoms with Crippen LogP contribution in [0.15, 0.2) is 47.8 Å². The first-order valence-electron chi connectivity index (χ1n) is 8.85. The van der Waals surface area contributed by atoms with E-state index in [9.17, 15) is 9.59 Å². The van der Waals surface area contributed by atoms with Crippen LogP contribution >= 0.6 is 0 Å². The Hall–Kier alpha value is -3.62. The van der Waals surface area contributed by atoms with E-state index in [1.54, 1.807) is 29.0 Å². The maximum Gasteiger partial charge on any atom is 0.274 e. The summed E-state index contributed by atoms with van der Waals surface area (Å²) in [7, 11) is 1.48. The molecule has 9 heteroatoms. The Balaban J connectivity index is 1.69. The third kappa shape index (κ3) is 3.34. The Morgan fingerprint density at radius 1 is 1.25 bits per heavy atom. The fourth-order valence-corrected chi connectivity index (χ4v) is 3.26. The van der Waals surface area contributed by atoms with Gasteiger partial charge in [-0.15, -0.1) is 0 Å². The summed E-state index contributed by atoms with van der Waals surface area (Å²) >= 11 is 0. The Labute approximate surface area is 160 Å². The van der Waals surface area contributed by atoms with Crippen LogP contribution in [0, 0.1) is 0 Å². The van der Waals surface area contributed by atoms with Gasteiger partial charge in [0.1, 0.15) is 17.9 Å². The van der Waals surface area contributed by atoms with E-state index in [1.165, 1.54) is 25.7 Å². The first kappa shape index (κ1) is 17.8. The van der Waals surface area contributed by atoms with Crippen LogP contribution in [-0.4, -0.2) is 37.5 Å². The summed E-state index contributed by atoms with van der Waals surface area (Å²) in [6, 6.07) is 6.10. The van der Waals surface area contributed by atoms with E-state index in [0.29, 0.717) is 35.9 Å². The molecule has 1 N–H and O–H groups in total. The number of ether oxygens (including phenoxy) is 1. The van der Waals surface area contributed by atoms with Crippen molar-refractivity contribution in [2.45, 2.75) is 25.4 Å². The highest BCUT2D eigenvalue weighted by atomic mass is 16.5. The third-order valence-corrected chi connectivity index (χ3v) is 4.58. The van der Waals surface area contributed by atoms with Crippen molar-refractivity contribution in [3.05, 3.63) is 64.9 Å². The summed E-state index contributed by atoms with van der Waals surface area (Å²) in [5.74, 6) is 0.518. The Kier molecular flexibility index (Phi) is 4.79. The van der Waals surface area contributed by atoms with E-state index in [2.05, 4.69) is 25.3 Å². The van der Waals surface area contributed by atoms with Crippen molar-refractivity contribution < 1.29 is 9.53 Å². The number of nitrogens with one attached hydrogen (secondary N) is 1. The molecule has 1 amide bonds. The predicted octanol–water partition coefficient (Wildman–Crippen LogP) is 1.37. The Morgan fingerprint density at radius 2 is 2.14 bits per heavy atom. The lowest BCUT2D eigenvalue weighted by molar-refractivity contribution is 0.0918. The molecule has 0 saturated carbocycles. The molecule has 0 spiro atoms. The molecule has 0 radical (unpaired) electrons. The van der Waals surface area contributed by atoms with Gasteiger partial charge in [0.05, 0.1) is 24.5 Å². The topological polar surface area (TPSA) is 112 Å². The summed E-state index contributed by atoms with van der Waals surface area (Å²) < 4.78 is 6.80. The molecule has 0 bridgehead atoms. The number of amides is 1. The van der Waals surface area contributed by atoms with Crippen molar-refractivity contribution in [2.24, 2.45) is 0 Å². The zero-order chi connectivity index (χ0) is 19.5. The van der Waals surface area contributed by atoms with Gasteiger partial charge in [0.2, 0.25) is 0 Å². The average Bonchev–Trinajstić information content (AvgIpc) is 2.74. The van der Waals surface area contributed by atoms with E-state index < -0.39 is 6.04 Å². The highest BCUT2D eigenvalue weighted by Gasteiger charge is 2.27. The molecule has 3 aromatic rings. The van der Waals surface area contributed by atoms with Gasteiger partial charge in [-0.2, -0.15) is 0 Å². The minimum atomic E-state index is -0.414. The van der Waals surface area contributed by atoms with Gasteiger partial charge < -0.3 is 10.1 Å².